The predicted molar refractivity (Wildman–Crippen MR) is 74.4 cm³/mol. The van der Waals surface area contributed by atoms with Crippen molar-refractivity contribution in [2.75, 3.05) is 19.6 Å². The lowest BCUT2D eigenvalue weighted by atomic mass is 9.94. The Bertz CT molecular complexity index is 510. The quantitative estimate of drug-likeness (QED) is 0.660. The van der Waals surface area contributed by atoms with Gasteiger partial charge < -0.3 is 15.2 Å². The average molecular weight is 280 g/mol. The third kappa shape index (κ3) is 2.98. The largest absolute Gasteiger partial charge is 0.340 e. The van der Waals surface area contributed by atoms with Crippen LogP contribution in [0, 0.1) is 16.0 Å². The Kier molecular flexibility index (Phi) is 4.39. The Hall–Kier alpha value is -1.89. The number of aryl methyl sites for hydroxylation is 1. The summed E-state index contributed by atoms with van der Waals surface area (Å²) in [6.45, 7) is 2.02. The summed E-state index contributed by atoms with van der Waals surface area (Å²) in [6.07, 6.45) is 4.34. The number of hydrogen-bond donors (Lipinski definition) is 1. The Labute approximate surface area is 117 Å². The number of carbonyl (C=O) groups is 1. The van der Waals surface area contributed by atoms with Crippen molar-refractivity contribution >= 4 is 11.6 Å². The van der Waals surface area contributed by atoms with Crippen LogP contribution in [0.2, 0.25) is 0 Å². The monoisotopic (exact) mass is 280 g/mol. The zero-order valence-electron chi connectivity index (χ0n) is 11.6. The molecule has 0 aromatic carbocycles. The zero-order chi connectivity index (χ0) is 14.7. The van der Waals surface area contributed by atoms with E-state index < -0.39 is 4.92 Å². The van der Waals surface area contributed by atoms with Crippen molar-refractivity contribution in [1.29, 1.82) is 0 Å². The van der Waals surface area contributed by atoms with E-state index in [0.29, 0.717) is 31.2 Å². The highest BCUT2D eigenvalue weighted by Crippen LogP contribution is 2.22. The van der Waals surface area contributed by atoms with E-state index in [1.807, 2.05) is 0 Å². The topological polar surface area (TPSA) is 94.4 Å². The highest BCUT2D eigenvalue weighted by molar-refractivity contribution is 5.93. The summed E-state index contributed by atoms with van der Waals surface area (Å²) in [7, 11) is 1.65. The van der Waals surface area contributed by atoms with Crippen LogP contribution in [0.3, 0.4) is 0 Å². The van der Waals surface area contributed by atoms with Gasteiger partial charge >= 0.3 is 0 Å². The van der Waals surface area contributed by atoms with Gasteiger partial charge in [-0.05, 0) is 31.7 Å². The first-order valence-electron chi connectivity index (χ1n) is 6.83. The number of carbonyl (C=O) groups excluding carboxylic acids is 1. The van der Waals surface area contributed by atoms with Crippen LogP contribution in [-0.4, -0.2) is 39.9 Å². The van der Waals surface area contributed by atoms with Gasteiger partial charge in [-0.25, -0.2) is 0 Å². The van der Waals surface area contributed by atoms with E-state index in [1.54, 1.807) is 11.9 Å². The van der Waals surface area contributed by atoms with Gasteiger partial charge in [-0.3, -0.25) is 14.9 Å². The minimum atomic E-state index is -0.482. The molecule has 1 saturated heterocycles. The lowest BCUT2D eigenvalue weighted by Gasteiger charge is -2.32. The summed E-state index contributed by atoms with van der Waals surface area (Å²) < 4.78 is 1.52. The number of amides is 1. The van der Waals surface area contributed by atoms with Gasteiger partial charge in [0.05, 0.1) is 11.1 Å². The molecule has 0 saturated carbocycles. The second kappa shape index (κ2) is 6.04. The van der Waals surface area contributed by atoms with Crippen LogP contribution in [0.4, 0.5) is 5.69 Å². The lowest BCUT2D eigenvalue weighted by Crippen LogP contribution is -2.41. The van der Waals surface area contributed by atoms with E-state index in [1.165, 1.54) is 16.8 Å². The smallest absolute Gasteiger partial charge is 0.287 e. The Morgan fingerprint density at radius 1 is 1.60 bits per heavy atom. The molecule has 1 unspecified atom stereocenters. The second-order valence-electron chi connectivity index (χ2n) is 5.29. The molecule has 20 heavy (non-hydrogen) atoms. The molecule has 0 aliphatic carbocycles. The number of hydrogen-bond acceptors (Lipinski definition) is 4. The van der Waals surface area contributed by atoms with Crippen molar-refractivity contribution in [3.05, 3.63) is 28.1 Å². The number of piperidine rings is 1. The molecule has 0 bridgehead atoms. The molecule has 7 nitrogen and oxygen atoms in total. The highest BCUT2D eigenvalue weighted by atomic mass is 16.6. The average Bonchev–Trinajstić information content (AvgIpc) is 2.81. The van der Waals surface area contributed by atoms with Crippen molar-refractivity contribution in [2.45, 2.75) is 19.3 Å². The third-order valence-electron chi connectivity index (χ3n) is 3.80. The van der Waals surface area contributed by atoms with Crippen molar-refractivity contribution in [2.24, 2.45) is 18.7 Å². The summed E-state index contributed by atoms with van der Waals surface area (Å²) in [5, 5.41) is 10.8. The minimum Gasteiger partial charge on any atom is -0.340 e. The third-order valence-corrected chi connectivity index (χ3v) is 3.80. The minimum absolute atomic E-state index is 0.0497. The van der Waals surface area contributed by atoms with E-state index in [4.69, 9.17) is 5.73 Å². The second-order valence-corrected chi connectivity index (χ2v) is 5.29. The molecule has 1 aliphatic rings. The first-order chi connectivity index (χ1) is 9.52. The number of likely N-dealkylation sites (tertiary alicyclic amines) is 1. The van der Waals surface area contributed by atoms with Crippen molar-refractivity contribution < 1.29 is 9.72 Å². The lowest BCUT2D eigenvalue weighted by molar-refractivity contribution is -0.384. The number of nitrogens with two attached hydrogens (primary N) is 1. The molecular formula is C13H20N4O3. The molecule has 1 fully saturated rings. The summed E-state index contributed by atoms with van der Waals surface area (Å²) in [6, 6.07) is 1.34. The molecule has 1 aromatic rings. The first kappa shape index (κ1) is 14.5. The van der Waals surface area contributed by atoms with E-state index in [-0.39, 0.29) is 11.6 Å². The number of aromatic nitrogens is 1. The number of nitrogens with zero attached hydrogens (tertiary/aromatic N) is 3. The van der Waals surface area contributed by atoms with Gasteiger partial charge in [0.25, 0.3) is 11.6 Å². The standard InChI is InChI=1S/C13H20N4O3/c1-15-9-11(17(19)20)7-12(15)13(18)16-6-2-3-10(8-16)4-5-14/h7,9-10H,2-6,8,14H2,1H3. The fourth-order valence-electron chi connectivity index (χ4n) is 2.74. The normalized spacial score (nSPS) is 19.1. The molecule has 7 heteroatoms. The molecule has 0 spiro atoms. The molecule has 2 rings (SSSR count). The van der Waals surface area contributed by atoms with Crippen LogP contribution in [0.5, 0.6) is 0 Å². The van der Waals surface area contributed by atoms with E-state index in [0.717, 1.165) is 19.3 Å². The van der Waals surface area contributed by atoms with Crippen LogP contribution < -0.4 is 5.73 Å². The summed E-state index contributed by atoms with van der Waals surface area (Å²) in [5.41, 5.74) is 5.89. The van der Waals surface area contributed by atoms with Crippen LogP contribution in [0.15, 0.2) is 12.3 Å². The van der Waals surface area contributed by atoms with E-state index >= 15 is 0 Å². The molecule has 1 amide bonds. The number of rotatable bonds is 4. The Morgan fingerprint density at radius 2 is 2.35 bits per heavy atom. The van der Waals surface area contributed by atoms with Crippen molar-refractivity contribution in [3.63, 3.8) is 0 Å². The van der Waals surface area contributed by atoms with Crippen LogP contribution in [-0.2, 0) is 7.05 Å². The molecule has 2 heterocycles. The SMILES string of the molecule is Cn1cc([N+](=O)[O-])cc1C(=O)N1CCCC(CCN)C1. The van der Waals surface area contributed by atoms with Gasteiger partial charge in [0, 0.05) is 26.2 Å². The van der Waals surface area contributed by atoms with Crippen LogP contribution in [0.25, 0.3) is 0 Å². The number of nitro groups is 1. The van der Waals surface area contributed by atoms with Gasteiger partial charge in [0.2, 0.25) is 0 Å². The van der Waals surface area contributed by atoms with Crippen LogP contribution >= 0.6 is 0 Å². The Balaban J connectivity index is 2.12. The predicted octanol–water partition coefficient (Wildman–Crippen LogP) is 1.13. The van der Waals surface area contributed by atoms with E-state index in [9.17, 15) is 14.9 Å². The summed E-state index contributed by atoms with van der Waals surface area (Å²) >= 11 is 0. The molecule has 0 radical (unpaired) electrons. The van der Waals surface area contributed by atoms with Gasteiger partial charge in [0.15, 0.2) is 0 Å². The first-order valence-corrected chi connectivity index (χ1v) is 6.83. The van der Waals surface area contributed by atoms with Gasteiger partial charge in [0.1, 0.15) is 5.69 Å². The van der Waals surface area contributed by atoms with E-state index in [2.05, 4.69) is 0 Å². The maximum atomic E-state index is 12.5. The fraction of sp³-hybridized carbons (Fsp3) is 0.615. The molecule has 2 N–H and O–H groups in total. The highest BCUT2D eigenvalue weighted by Gasteiger charge is 2.27. The van der Waals surface area contributed by atoms with Crippen LogP contribution in [0.1, 0.15) is 29.8 Å². The molecular weight excluding hydrogens is 260 g/mol. The zero-order valence-corrected chi connectivity index (χ0v) is 11.6. The van der Waals surface area contributed by atoms with Gasteiger partial charge in [-0.2, -0.15) is 0 Å². The molecule has 110 valence electrons. The summed E-state index contributed by atoms with van der Waals surface area (Å²) in [4.78, 5) is 24.5. The fourth-order valence-corrected chi connectivity index (χ4v) is 2.74. The summed E-state index contributed by atoms with van der Waals surface area (Å²) in [5.74, 6) is 0.301. The van der Waals surface area contributed by atoms with Gasteiger partial charge in [-0.15, -0.1) is 0 Å². The maximum Gasteiger partial charge on any atom is 0.287 e. The maximum absolute atomic E-state index is 12.5. The Morgan fingerprint density at radius 3 is 2.95 bits per heavy atom. The van der Waals surface area contributed by atoms with Crippen molar-refractivity contribution in [1.82, 2.24) is 9.47 Å². The molecule has 1 aromatic heterocycles. The molecule has 1 aliphatic heterocycles. The van der Waals surface area contributed by atoms with Gasteiger partial charge in [-0.1, -0.05) is 0 Å². The molecule has 1 atom stereocenters. The van der Waals surface area contributed by atoms with Crippen molar-refractivity contribution in [3.8, 4) is 0 Å².